The molecule has 0 saturated carbocycles. The molecule has 0 aromatic carbocycles. The van der Waals surface area contributed by atoms with Gasteiger partial charge in [-0.25, -0.2) is 8.42 Å². The van der Waals surface area contributed by atoms with Crippen LogP contribution >= 0.6 is 11.8 Å². The molecule has 1 fully saturated rings. The molecule has 1 aromatic heterocycles. The smallest absolute Gasteiger partial charge is 0.193 e. The number of aliphatic imine (C=N–C) groups is 1. The van der Waals surface area contributed by atoms with Crippen molar-refractivity contribution in [3.63, 3.8) is 0 Å². The van der Waals surface area contributed by atoms with E-state index in [4.69, 9.17) is 4.99 Å². The molecule has 29 heavy (non-hydrogen) atoms. The summed E-state index contributed by atoms with van der Waals surface area (Å²) in [5.41, 5.74) is 0. The Morgan fingerprint density at radius 1 is 1.34 bits per heavy atom. The van der Waals surface area contributed by atoms with Crippen molar-refractivity contribution in [1.29, 1.82) is 0 Å². The highest BCUT2D eigenvalue weighted by atomic mass is 32.2. The fourth-order valence-electron chi connectivity index (χ4n) is 3.38. The molecule has 1 aliphatic rings. The van der Waals surface area contributed by atoms with Gasteiger partial charge in [0.15, 0.2) is 21.0 Å². The first-order chi connectivity index (χ1) is 13.6. The van der Waals surface area contributed by atoms with Crippen molar-refractivity contribution < 1.29 is 8.42 Å². The minimum atomic E-state index is -3.06. The van der Waals surface area contributed by atoms with Gasteiger partial charge in [-0.1, -0.05) is 25.6 Å². The Morgan fingerprint density at radius 3 is 2.66 bits per heavy atom. The van der Waals surface area contributed by atoms with Gasteiger partial charge in [0, 0.05) is 39.1 Å². The Balaban J connectivity index is 2.01. The predicted molar refractivity (Wildman–Crippen MR) is 120 cm³/mol. The zero-order valence-corrected chi connectivity index (χ0v) is 20.2. The Hall–Kier alpha value is -1.29. The molecule has 0 atom stereocenters. The molecule has 2 rings (SSSR count). The summed E-state index contributed by atoms with van der Waals surface area (Å²) in [4.78, 5) is 6.82. The fraction of sp³-hybridized carbons (Fsp3) is 0.842. The largest absolute Gasteiger partial charge is 0.357 e. The Kier molecular flexibility index (Phi) is 8.39. The molecule has 1 aliphatic heterocycles. The summed E-state index contributed by atoms with van der Waals surface area (Å²) in [7, 11) is -3.06. The van der Waals surface area contributed by atoms with Gasteiger partial charge in [0.2, 0.25) is 0 Å². The maximum atomic E-state index is 12.3. The molecule has 0 radical (unpaired) electrons. The highest BCUT2D eigenvalue weighted by Gasteiger charge is 2.40. The second kappa shape index (κ2) is 10.1. The molecule has 8 nitrogen and oxygen atoms in total. The van der Waals surface area contributed by atoms with Gasteiger partial charge < -0.3 is 14.8 Å². The SMILES string of the molecule is CCNC(=NCCCc1nnc(SC)n1CC(C)C)N1CCS(=O)(=O)C(C)(C)C1. The number of nitrogens with zero attached hydrogens (tertiary/aromatic N) is 5. The number of rotatable bonds is 8. The van der Waals surface area contributed by atoms with Crippen LogP contribution in [-0.4, -0.2) is 77.0 Å². The molecule has 166 valence electrons. The van der Waals surface area contributed by atoms with Crippen molar-refractivity contribution >= 4 is 27.6 Å². The fourth-order valence-corrected chi connectivity index (χ4v) is 5.26. The number of aromatic nitrogens is 3. The zero-order chi connectivity index (χ0) is 21.7. The average molecular weight is 445 g/mol. The number of aryl methyl sites for hydroxylation is 1. The zero-order valence-electron chi connectivity index (χ0n) is 18.6. The highest BCUT2D eigenvalue weighted by Crippen LogP contribution is 2.23. The lowest BCUT2D eigenvalue weighted by molar-refractivity contribution is 0.353. The van der Waals surface area contributed by atoms with Gasteiger partial charge in [-0.2, -0.15) is 0 Å². The molecule has 0 aliphatic carbocycles. The molecule has 0 unspecified atom stereocenters. The van der Waals surface area contributed by atoms with Crippen molar-refractivity contribution in [2.45, 2.75) is 63.9 Å². The normalized spacial score (nSPS) is 19.0. The topological polar surface area (TPSA) is 92.5 Å². The third-order valence-electron chi connectivity index (χ3n) is 5.02. The lowest BCUT2D eigenvalue weighted by Gasteiger charge is -2.39. The van der Waals surface area contributed by atoms with Gasteiger partial charge in [0.1, 0.15) is 5.82 Å². The standard InChI is InChI=1S/C19H36N6O2S2/c1-7-20-17(24-11-12-29(26,27)19(4,5)14-24)21-10-8-9-16-22-23-18(28-6)25(16)13-15(2)3/h15H,7-14H2,1-6H3,(H,20,21). The van der Waals surface area contributed by atoms with Crippen molar-refractivity contribution in [3.05, 3.63) is 5.82 Å². The second-order valence-electron chi connectivity index (χ2n) is 8.45. The summed E-state index contributed by atoms with van der Waals surface area (Å²) < 4.78 is 26.0. The van der Waals surface area contributed by atoms with E-state index in [9.17, 15) is 8.42 Å². The average Bonchev–Trinajstić information content (AvgIpc) is 3.01. The maximum absolute atomic E-state index is 12.3. The van der Waals surface area contributed by atoms with E-state index in [1.807, 2.05) is 13.2 Å². The number of guanidine groups is 1. The van der Waals surface area contributed by atoms with E-state index in [1.54, 1.807) is 25.6 Å². The van der Waals surface area contributed by atoms with Crippen LogP contribution in [0.25, 0.3) is 0 Å². The lowest BCUT2D eigenvalue weighted by Crippen LogP contribution is -2.57. The summed E-state index contributed by atoms with van der Waals surface area (Å²) in [6, 6.07) is 0. The third kappa shape index (κ3) is 6.10. The Labute approximate surface area is 179 Å². The minimum absolute atomic E-state index is 0.167. The monoisotopic (exact) mass is 444 g/mol. The molecular weight excluding hydrogens is 408 g/mol. The van der Waals surface area contributed by atoms with Crippen LogP contribution in [0.2, 0.25) is 0 Å². The van der Waals surface area contributed by atoms with E-state index in [1.165, 1.54) is 0 Å². The molecule has 2 heterocycles. The van der Waals surface area contributed by atoms with Crippen LogP contribution in [0.5, 0.6) is 0 Å². The van der Waals surface area contributed by atoms with E-state index in [2.05, 4.69) is 38.8 Å². The molecule has 1 N–H and O–H groups in total. The van der Waals surface area contributed by atoms with E-state index in [-0.39, 0.29) is 5.75 Å². The van der Waals surface area contributed by atoms with Crippen molar-refractivity contribution in [2.24, 2.45) is 10.9 Å². The predicted octanol–water partition coefficient (Wildman–Crippen LogP) is 2.06. The molecule has 10 heteroatoms. The van der Waals surface area contributed by atoms with Crippen molar-refractivity contribution in [2.75, 3.05) is 38.2 Å². The first kappa shape index (κ1) is 24.0. The lowest BCUT2D eigenvalue weighted by atomic mass is 10.2. The van der Waals surface area contributed by atoms with E-state index < -0.39 is 14.6 Å². The van der Waals surface area contributed by atoms with Crippen LogP contribution < -0.4 is 5.32 Å². The van der Waals surface area contributed by atoms with Gasteiger partial charge in [-0.15, -0.1) is 10.2 Å². The van der Waals surface area contributed by atoms with Crippen molar-refractivity contribution in [1.82, 2.24) is 25.0 Å². The first-order valence-corrected chi connectivity index (χ1v) is 13.2. The van der Waals surface area contributed by atoms with Crippen molar-refractivity contribution in [3.8, 4) is 0 Å². The molecule has 1 aromatic rings. The van der Waals surface area contributed by atoms with Crippen LogP contribution in [-0.2, 0) is 22.8 Å². The summed E-state index contributed by atoms with van der Waals surface area (Å²) in [6.07, 6.45) is 3.72. The molecule has 0 amide bonds. The molecule has 1 saturated heterocycles. The number of thioether (sulfide) groups is 1. The molecule has 0 bridgehead atoms. The maximum Gasteiger partial charge on any atom is 0.193 e. The number of nitrogens with one attached hydrogen (secondary N) is 1. The van der Waals surface area contributed by atoms with Gasteiger partial charge in [0.25, 0.3) is 0 Å². The summed E-state index contributed by atoms with van der Waals surface area (Å²) in [5.74, 6) is 2.50. The van der Waals surface area contributed by atoms with Gasteiger partial charge in [-0.05, 0) is 39.4 Å². The van der Waals surface area contributed by atoms with Gasteiger partial charge in [-0.3, -0.25) is 4.99 Å². The highest BCUT2D eigenvalue weighted by molar-refractivity contribution is 7.98. The summed E-state index contributed by atoms with van der Waals surface area (Å²) >= 11 is 1.62. The van der Waals surface area contributed by atoms with Crippen LogP contribution in [0.4, 0.5) is 0 Å². The minimum Gasteiger partial charge on any atom is -0.357 e. The summed E-state index contributed by atoms with van der Waals surface area (Å²) in [6.45, 7) is 13.3. The van der Waals surface area contributed by atoms with Crippen LogP contribution in [0, 0.1) is 5.92 Å². The van der Waals surface area contributed by atoms with Gasteiger partial charge in [0.05, 0.1) is 10.5 Å². The quantitative estimate of drug-likeness (QED) is 0.284. The number of hydrogen-bond acceptors (Lipinski definition) is 6. The third-order valence-corrected chi connectivity index (χ3v) is 8.22. The van der Waals surface area contributed by atoms with Gasteiger partial charge >= 0.3 is 0 Å². The van der Waals surface area contributed by atoms with E-state index in [0.29, 0.717) is 25.6 Å². The number of hydrogen-bond donors (Lipinski definition) is 1. The van der Waals surface area contributed by atoms with E-state index >= 15 is 0 Å². The van der Waals surface area contributed by atoms with E-state index in [0.717, 1.165) is 42.9 Å². The second-order valence-corrected chi connectivity index (χ2v) is 12.0. The Morgan fingerprint density at radius 2 is 2.07 bits per heavy atom. The van der Waals surface area contributed by atoms with Crippen LogP contribution in [0.15, 0.2) is 10.1 Å². The summed E-state index contributed by atoms with van der Waals surface area (Å²) in [5, 5.41) is 12.9. The van der Waals surface area contributed by atoms with Crippen LogP contribution in [0.1, 0.15) is 46.9 Å². The van der Waals surface area contributed by atoms with Crippen LogP contribution in [0.3, 0.4) is 0 Å². The number of sulfone groups is 1. The first-order valence-electron chi connectivity index (χ1n) is 10.3. The molecular formula is C19H36N6O2S2. The Bertz CT molecular complexity index is 802. The molecule has 0 spiro atoms.